The average Bonchev–Trinajstić information content (AvgIpc) is 2.94. The fourth-order valence-electron chi connectivity index (χ4n) is 2.73. The van der Waals surface area contributed by atoms with Gasteiger partial charge in [-0.2, -0.15) is 0 Å². The van der Waals surface area contributed by atoms with Crippen LogP contribution in [0.15, 0.2) is 42.6 Å². The van der Waals surface area contributed by atoms with Gasteiger partial charge >= 0.3 is 0 Å². The predicted octanol–water partition coefficient (Wildman–Crippen LogP) is 3.72. The van der Waals surface area contributed by atoms with Crippen LogP contribution in [0.5, 0.6) is 5.75 Å². The summed E-state index contributed by atoms with van der Waals surface area (Å²) in [5.74, 6) is 1.06. The number of hydrogen-bond acceptors (Lipinski definition) is 5. The van der Waals surface area contributed by atoms with Crippen molar-refractivity contribution in [3.8, 4) is 5.75 Å². The van der Waals surface area contributed by atoms with E-state index in [0.29, 0.717) is 18.9 Å². The van der Waals surface area contributed by atoms with E-state index in [1.807, 2.05) is 36.5 Å². The maximum absolute atomic E-state index is 11.6. The molecule has 2 aromatic rings. The van der Waals surface area contributed by atoms with Crippen molar-refractivity contribution in [2.45, 2.75) is 37.9 Å². The highest BCUT2D eigenvalue weighted by molar-refractivity contribution is 8.15. The third kappa shape index (κ3) is 4.85. The molecule has 5 nitrogen and oxygen atoms in total. The molecule has 3 rings (SSSR count). The highest BCUT2D eigenvalue weighted by Crippen LogP contribution is 2.24. The number of nitrogens with zero attached hydrogens (tertiary/aromatic N) is 1. The molecule has 1 aliphatic rings. The van der Waals surface area contributed by atoms with Crippen molar-refractivity contribution in [1.29, 1.82) is 0 Å². The largest absolute Gasteiger partial charge is 0.493 e. The van der Waals surface area contributed by atoms with Gasteiger partial charge in [-0.1, -0.05) is 37.7 Å². The highest BCUT2D eigenvalue weighted by atomic mass is 32.2. The van der Waals surface area contributed by atoms with Crippen LogP contribution >= 0.6 is 11.8 Å². The molecule has 26 heavy (non-hydrogen) atoms. The van der Waals surface area contributed by atoms with Gasteiger partial charge in [0, 0.05) is 18.3 Å². The summed E-state index contributed by atoms with van der Waals surface area (Å²) >= 11 is 1.05. The molecule has 1 N–H and O–H groups in total. The van der Waals surface area contributed by atoms with Crippen LogP contribution < -0.4 is 10.1 Å². The summed E-state index contributed by atoms with van der Waals surface area (Å²) in [4.78, 5) is 27.2. The van der Waals surface area contributed by atoms with Crippen molar-refractivity contribution in [3.05, 3.63) is 59.4 Å². The van der Waals surface area contributed by atoms with Gasteiger partial charge < -0.3 is 4.74 Å². The number of hydrogen-bond donors (Lipinski definition) is 1. The third-order valence-electron chi connectivity index (χ3n) is 4.25. The number of rotatable bonds is 7. The number of carbonyl (C=O) groups is 2. The first-order chi connectivity index (χ1) is 12.5. The molecular formula is C20H22N2O3S. The zero-order valence-corrected chi connectivity index (χ0v) is 15.7. The van der Waals surface area contributed by atoms with Crippen LogP contribution in [0.1, 0.15) is 36.6 Å². The molecule has 0 saturated carbocycles. The summed E-state index contributed by atoms with van der Waals surface area (Å²) in [7, 11) is 0. The third-order valence-corrected chi connectivity index (χ3v) is 5.23. The maximum atomic E-state index is 11.6. The predicted molar refractivity (Wildman–Crippen MR) is 103 cm³/mol. The number of carbonyl (C=O) groups excluding carboxylic acids is 2. The molecule has 1 atom stereocenters. The van der Waals surface area contributed by atoms with Crippen molar-refractivity contribution in [2.24, 2.45) is 0 Å². The molecule has 1 fully saturated rings. The fraction of sp³-hybridized carbons (Fsp3) is 0.350. The van der Waals surface area contributed by atoms with Crippen molar-refractivity contribution in [1.82, 2.24) is 10.3 Å². The first-order valence-corrected chi connectivity index (χ1v) is 9.57. The molecule has 136 valence electrons. The van der Waals surface area contributed by atoms with E-state index in [1.165, 1.54) is 5.56 Å². The Morgan fingerprint density at radius 1 is 1.19 bits per heavy atom. The van der Waals surface area contributed by atoms with Crippen LogP contribution in [0, 0.1) is 0 Å². The topological polar surface area (TPSA) is 68.3 Å². The molecule has 1 aromatic heterocycles. The van der Waals surface area contributed by atoms with Gasteiger partial charge in [-0.3, -0.25) is 19.9 Å². The van der Waals surface area contributed by atoms with Crippen molar-refractivity contribution >= 4 is 22.9 Å². The second-order valence-electron chi connectivity index (χ2n) is 6.56. The van der Waals surface area contributed by atoms with Crippen LogP contribution in [-0.4, -0.2) is 28.0 Å². The monoisotopic (exact) mass is 370 g/mol. The summed E-state index contributed by atoms with van der Waals surface area (Å²) in [6, 6.07) is 11.8. The standard InChI is InChI=1S/C20H22N2O3S/c1-13(2)15-7-9-21-16(12-15)8-10-25-17-5-3-14(4-6-17)11-18-19(23)22-20(24)26-18/h3-7,9,12-13,18H,8,10-11H2,1-2H3,(H,22,23,24). The molecule has 1 aliphatic heterocycles. The average molecular weight is 370 g/mol. The summed E-state index contributed by atoms with van der Waals surface area (Å²) in [6.45, 7) is 4.89. The van der Waals surface area contributed by atoms with E-state index in [-0.39, 0.29) is 16.4 Å². The Balaban J connectivity index is 1.49. The van der Waals surface area contributed by atoms with Gasteiger partial charge in [0.05, 0.1) is 11.9 Å². The lowest BCUT2D eigenvalue weighted by Crippen LogP contribution is -2.25. The quantitative estimate of drug-likeness (QED) is 0.804. The Labute approximate surface area is 157 Å². The summed E-state index contributed by atoms with van der Waals surface area (Å²) in [5.41, 5.74) is 3.32. The van der Waals surface area contributed by atoms with E-state index in [0.717, 1.165) is 35.2 Å². The number of aromatic nitrogens is 1. The van der Waals surface area contributed by atoms with Crippen LogP contribution in [0.3, 0.4) is 0 Å². The minimum atomic E-state index is -0.339. The molecule has 0 aliphatic carbocycles. The molecule has 1 unspecified atom stereocenters. The highest BCUT2D eigenvalue weighted by Gasteiger charge is 2.31. The number of imide groups is 1. The maximum Gasteiger partial charge on any atom is 0.286 e. The van der Waals surface area contributed by atoms with E-state index >= 15 is 0 Å². The van der Waals surface area contributed by atoms with Gasteiger partial charge in [-0.15, -0.1) is 0 Å². The lowest BCUT2D eigenvalue weighted by Gasteiger charge is -2.10. The van der Waals surface area contributed by atoms with Crippen LogP contribution in [0.4, 0.5) is 4.79 Å². The molecule has 0 bridgehead atoms. The van der Waals surface area contributed by atoms with Crippen molar-refractivity contribution < 1.29 is 14.3 Å². The second kappa shape index (κ2) is 8.36. The van der Waals surface area contributed by atoms with Gasteiger partial charge in [-0.05, 0) is 47.7 Å². The number of nitrogens with one attached hydrogen (secondary N) is 1. The minimum Gasteiger partial charge on any atom is -0.493 e. The van der Waals surface area contributed by atoms with E-state index in [4.69, 9.17) is 4.74 Å². The molecule has 1 saturated heterocycles. The molecule has 2 heterocycles. The SMILES string of the molecule is CC(C)c1ccnc(CCOc2ccc(CC3SC(=O)NC3=O)cc2)c1. The first kappa shape index (κ1) is 18.5. The molecule has 2 amide bonds. The Morgan fingerprint density at radius 3 is 2.62 bits per heavy atom. The number of amides is 2. The molecule has 1 aromatic carbocycles. The zero-order valence-electron chi connectivity index (χ0n) is 14.9. The Hall–Kier alpha value is -2.34. The number of pyridine rings is 1. The minimum absolute atomic E-state index is 0.212. The van der Waals surface area contributed by atoms with Gasteiger partial charge in [0.15, 0.2) is 0 Å². The van der Waals surface area contributed by atoms with Crippen LogP contribution in [0.2, 0.25) is 0 Å². The fourth-order valence-corrected chi connectivity index (χ4v) is 3.59. The summed E-state index contributed by atoms with van der Waals surface area (Å²) in [6.07, 6.45) is 3.14. The van der Waals surface area contributed by atoms with Gasteiger partial charge in [0.2, 0.25) is 5.91 Å². The molecule has 6 heteroatoms. The molecular weight excluding hydrogens is 348 g/mol. The number of ether oxygens (including phenoxy) is 1. The summed E-state index contributed by atoms with van der Waals surface area (Å²) in [5, 5.41) is 1.70. The van der Waals surface area contributed by atoms with Crippen molar-refractivity contribution in [3.63, 3.8) is 0 Å². The first-order valence-electron chi connectivity index (χ1n) is 8.69. The zero-order chi connectivity index (χ0) is 18.5. The van der Waals surface area contributed by atoms with Crippen molar-refractivity contribution in [2.75, 3.05) is 6.61 Å². The van der Waals surface area contributed by atoms with Crippen LogP contribution in [0.25, 0.3) is 0 Å². The van der Waals surface area contributed by atoms with Gasteiger partial charge in [0.25, 0.3) is 5.24 Å². The Bertz CT molecular complexity index is 790. The van der Waals surface area contributed by atoms with Crippen LogP contribution in [-0.2, 0) is 17.6 Å². The van der Waals surface area contributed by atoms with E-state index in [9.17, 15) is 9.59 Å². The Morgan fingerprint density at radius 2 is 1.96 bits per heavy atom. The lowest BCUT2D eigenvalue weighted by atomic mass is 10.0. The summed E-state index contributed by atoms with van der Waals surface area (Å²) < 4.78 is 5.79. The van der Waals surface area contributed by atoms with E-state index in [1.54, 1.807) is 0 Å². The number of benzene rings is 1. The second-order valence-corrected chi connectivity index (χ2v) is 7.74. The number of thioether (sulfide) groups is 1. The Kier molecular flexibility index (Phi) is 5.93. The normalized spacial score (nSPS) is 16.8. The molecule has 0 spiro atoms. The molecule has 0 radical (unpaired) electrons. The van der Waals surface area contributed by atoms with E-state index in [2.05, 4.69) is 30.2 Å². The van der Waals surface area contributed by atoms with E-state index < -0.39 is 0 Å². The van der Waals surface area contributed by atoms with Gasteiger partial charge in [0.1, 0.15) is 5.75 Å². The lowest BCUT2D eigenvalue weighted by molar-refractivity contribution is -0.118. The van der Waals surface area contributed by atoms with Gasteiger partial charge in [-0.25, -0.2) is 0 Å². The smallest absolute Gasteiger partial charge is 0.286 e.